The van der Waals surface area contributed by atoms with Crippen LogP contribution in [0.15, 0.2) is 42.5 Å². The summed E-state index contributed by atoms with van der Waals surface area (Å²) in [4.78, 5) is 2.28. The minimum atomic E-state index is 0.488. The molecule has 0 saturated carbocycles. The van der Waals surface area contributed by atoms with Gasteiger partial charge in [-0.2, -0.15) is 0 Å². The Morgan fingerprint density at radius 1 is 1.00 bits per heavy atom. The van der Waals surface area contributed by atoms with Crippen molar-refractivity contribution in [1.82, 2.24) is 5.32 Å². The third-order valence-electron chi connectivity index (χ3n) is 3.77. The van der Waals surface area contributed by atoms with Crippen molar-refractivity contribution < 1.29 is 0 Å². The summed E-state index contributed by atoms with van der Waals surface area (Å²) >= 11 is 0. The van der Waals surface area contributed by atoms with Crippen molar-refractivity contribution >= 4 is 11.4 Å². The van der Waals surface area contributed by atoms with Crippen LogP contribution in [0.3, 0.4) is 0 Å². The maximum atomic E-state index is 3.52. The second-order valence-corrected chi connectivity index (χ2v) is 6.01. The van der Waals surface area contributed by atoms with Crippen molar-refractivity contribution in [1.29, 1.82) is 0 Å². The minimum Gasteiger partial charge on any atom is -0.344 e. The van der Waals surface area contributed by atoms with Gasteiger partial charge >= 0.3 is 0 Å². The van der Waals surface area contributed by atoms with Crippen LogP contribution in [0.2, 0.25) is 0 Å². The summed E-state index contributed by atoms with van der Waals surface area (Å²) in [5.74, 6) is 0. The van der Waals surface area contributed by atoms with Gasteiger partial charge in [0.25, 0.3) is 0 Å². The standard InChI is InChI=1S/C19H26N2/c1-14(2)20-13-17-12-15(3)10-11-19(17)21(5)18-9-7-6-8-16(18)4/h6-12,14,20H,13H2,1-5H3. The zero-order chi connectivity index (χ0) is 15.4. The molecule has 21 heavy (non-hydrogen) atoms. The van der Waals surface area contributed by atoms with Gasteiger partial charge < -0.3 is 10.2 Å². The van der Waals surface area contributed by atoms with Gasteiger partial charge in [-0.3, -0.25) is 0 Å². The first-order valence-electron chi connectivity index (χ1n) is 7.61. The minimum absolute atomic E-state index is 0.488. The molecule has 0 aliphatic rings. The van der Waals surface area contributed by atoms with Crippen molar-refractivity contribution in [2.24, 2.45) is 0 Å². The molecule has 2 aromatic rings. The third kappa shape index (κ3) is 3.85. The van der Waals surface area contributed by atoms with Crippen LogP contribution in [0.5, 0.6) is 0 Å². The maximum absolute atomic E-state index is 3.52. The Morgan fingerprint density at radius 3 is 2.38 bits per heavy atom. The molecule has 0 radical (unpaired) electrons. The summed E-state index contributed by atoms with van der Waals surface area (Å²) in [7, 11) is 2.14. The Hall–Kier alpha value is -1.80. The molecule has 0 unspecified atom stereocenters. The highest BCUT2D eigenvalue weighted by Crippen LogP contribution is 2.30. The van der Waals surface area contributed by atoms with E-state index in [1.807, 2.05) is 0 Å². The average Bonchev–Trinajstić information content (AvgIpc) is 2.45. The largest absolute Gasteiger partial charge is 0.344 e. The molecule has 2 nitrogen and oxygen atoms in total. The van der Waals surface area contributed by atoms with Gasteiger partial charge in [-0.25, -0.2) is 0 Å². The van der Waals surface area contributed by atoms with E-state index in [1.165, 1.54) is 28.1 Å². The molecule has 1 N–H and O–H groups in total. The van der Waals surface area contributed by atoms with E-state index in [4.69, 9.17) is 0 Å². The Labute approximate surface area is 128 Å². The molecule has 0 amide bonds. The summed E-state index contributed by atoms with van der Waals surface area (Å²) in [6.45, 7) is 9.56. The molecule has 0 atom stereocenters. The van der Waals surface area contributed by atoms with E-state index in [0.717, 1.165) is 6.54 Å². The van der Waals surface area contributed by atoms with Crippen LogP contribution >= 0.6 is 0 Å². The number of benzene rings is 2. The first-order valence-corrected chi connectivity index (χ1v) is 7.61. The van der Waals surface area contributed by atoms with Crippen LogP contribution in [0, 0.1) is 13.8 Å². The van der Waals surface area contributed by atoms with E-state index in [9.17, 15) is 0 Å². The Kier molecular flexibility index (Phi) is 5.03. The number of para-hydroxylation sites is 1. The van der Waals surface area contributed by atoms with E-state index in [-0.39, 0.29) is 0 Å². The van der Waals surface area contributed by atoms with E-state index >= 15 is 0 Å². The molecular weight excluding hydrogens is 256 g/mol. The van der Waals surface area contributed by atoms with Crippen LogP contribution in [0.1, 0.15) is 30.5 Å². The Morgan fingerprint density at radius 2 is 1.71 bits per heavy atom. The van der Waals surface area contributed by atoms with Gasteiger partial charge in [-0.15, -0.1) is 0 Å². The lowest BCUT2D eigenvalue weighted by atomic mass is 10.1. The number of hydrogen-bond donors (Lipinski definition) is 1. The molecule has 0 heterocycles. The molecule has 2 rings (SSSR count). The number of rotatable bonds is 5. The molecule has 0 saturated heterocycles. The second kappa shape index (κ2) is 6.77. The van der Waals surface area contributed by atoms with Crippen LogP contribution in [0.25, 0.3) is 0 Å². The summed E-state index contributed by atoms with van der Waals surface area (Å²) in [5.41, 5.74) is 6.46. The van der Waals surface area contributed by atoms with Gasteiger partial charge in [0, 0.05) is 31.0 Å². The van der Waals surface area contributed by atoms with Gasteiger partial charge in [0.1, 0.15) is 0 Å². The van der Waals surface area contributed by atoms with Crippen LogP contribution in [-0.4, -0.2) is 13.1 Å². The fraction of sp³-hybridized carbons (Fsp3) is 0.368. The molecule has 2 aromatic carbocycles. The molecular formula is C19H26N2. The first kappa shape index (κ1) is 15.6. The lowest BCUT2D eigenvalue weighted by molar-refractivity contribution is 0.589. The molecule has 2 heteroatoms. The summed E-state index contributed by atoms with van der Waals surface area (Å²) in [6, 6.07) is 15.7. The molecule has 0 fully saturated rings. The molecule has 0 aliphatic heterocycles. The Bertz CT molecular complexity index is 602. The maximum Gasteiger partial charge on any atom is 0.0453 e. The lowest BCUT2D eigenvalue weighted by Crippen LogP contribution is -2.23. The van der Waals surface area contributed by atoms with Crippen molar-refractivity contribution in [3.63, 3.8) is 0 Å². The number of anilines is 2. The predicted molar refractivity (Wildman–Crippen MR) is 92.4 cm³/mol. The number of nitrogens with zero attached hydrogens (tertiary/aromatic N) is 1. The fourth-order valence-corrected chi connectivity index (χ4v) is 2.57. The summed E-state index contributed by atoms with van der Waals surface area (Å²) in [5, 5.41) is 3.52. The number of nitrogens with one attached hydrogen (secondary N) is 1. The van der Waals surface area contributed by atoms with Gasteiger partial charge in [0.2, 0.25) is 0 Å². The van der Waals surface area contributed by atoms with Crippen LogP contribution in [-0.2, 0) is 6.54 Å². The van der Waals surface area contributed by atoms with Gasteiger partial charge in [-0.1, -0.05) is 49.7 Å². The normalized spacial score (nSPS) is 11.0. The summed E-state index contributed by atoms with van der Waals surface area (Å²) < 4.78 is 0. The van der Waals surface area contributed by atoms with Gasteiger partial charge in [0.15, 0.2) is 0 Å². The van der Waals surface area contributed by atoms with Crippen molar-refractivity contribution in [3.8, 4) is 0 Å². The highest BCUT2D eigenvalue weighted by Gasteiger charge is 2.11. The van der Waals surface area contributed by atoms with E-state index in [0.29, 0.717) is 6.04 Å². The SMILES string of the molecule is Cc1ccc(N(C)c2ccccc2C)c(CNC(C)C)c1. The zero-order valence-corrected chi connectivity index (χ0v) is 13.8. The van der Waals surface area contributed by atoms with E-state index in [2.05, 4.69) is 87.4 Å². The van der Waals surface area contributed by atoms with Crippen LogP contribution < -0.4 is 10.2 Å². The van der Waals surface area contributed by atoms with E-state index < -0.39 is 0 Å². The van der Waals surface area contributed by atoms with Gasteiger partial charge in [0.05, 0.1) is 0 Å². The zero-order valence-electron chi connectivity index (χ0n) is 13.8. The third-order valence-corrected chi connectivity index (χ3v) is 3.77. The second-order valence-electron chi connectivity index (χ2n) is 6.01. The summed E-state index contributed by atoms with van der Waals surface area (Å²) in [6.07, 6.45) is 0. The number of aryl methyl sites for hydroxylation is 2. The van der Waals surface area contributed by atoms with Crippen molar-refractivity contribution in [3.05, 3.63) is 59.2 Å². The molecule has 0 bridgehead atoms. The molecule has 112 valence electrons. The quantitative estimate of drug-likeness (QED) is 0.864. The van der Waals surface area contributed by atoms with Crippen molar-refractivity contribution in [2.75, 3.05) is 11.9 Å². The predicted octanol–water partition coefficient (Wildman–Crippen LogP) is 4.57. The first-order chi connectivity index (χ1) is 9.99. The topological polar surface area (TPSA) is 15.3 Å². The van der Waals surface area contributed by atoms with Gasteiger partial charge in [-0.05, 0) is 37.1 Å². The Balaban J connectivity index is 2.36. The fourth-order valence-electron chi connectivity index (χ4n) is 2.57. The molecule has 0 aromatic heterocycles. The lowest BCUT2D eigenvalue weighted by Gasteiger charge is -2.25. The van der Waals surface area contributed by atoms with Crippen LogP contribution in [0.4, 0.5) is 11.4 Å². The van der Waals surface area contributed by atoms with Crippen molar-refractivity contribution in [2.45, 2.75) is 40.3 Å². The highest BCUT2D eigenvalue weighted by atomic mass is 15.1. The monoisotopic (exact) mass is 282 g/mol. The number of hydrogen-bond acceptors (Lipinski definition) is 2. The molecule has 0 spiro atoms. The van der Waals surface area contributed by atoms with E-state index in [1.54, 1.807) is 0 Å². The smallest absolute Gasteiger partial charge is 0.0453 e. The highest BCUT2D eigenvalue weighted by molar-refractivity contribution is 5.68. The average molecular weight is 282 g/mol. The molecule has 0 aliphatic carbocycles.